The Morgan fingerprint density at radius 2 is 1.85 bits per heavy atom. The van der Waals surface area contributed by atoms with E-state index < -0.39 is 0 Å². The first-order valence-corrected chi connectivity index (χ1v) is 6.76. The van der Waals surface area contributed by atoms with Crippen molar-refractivity contribution in [3.63, 3.8) is 0 Å². The molecule has 20 heavy (non-hydrogen) atoms. The number of halogens is 3. The number of rotatable bonds is 2. The number of benzene rings is 1. The molecule has 5 nitrogen and oxygen atoms in total. The van der Waals surface area contributed by atoms with Crippen LogP contribution in [0.5, 0.6) is 0 Å². The Labute approximate surface area is 129 Å². The van der Waals surface area contributed by atoms with Crippen molar-refractivity contribution in [1.29, 1.82) is 0 Å². The highest BCUT2D eigenvalue weighted by molar-refractivity contribution is 6.39. The monoisotopic (exact) mass is 327 g/mol. The maximum atomic E-state index is 6.13. The van der Waals surface area contributed by atoms with Crippen molar-refractivity contribution in [2.75, 3.05) is 5.32 Å². The van der Waals surface area contributed by atoms with Crippen LogP contribution in [0.3, 0.4) is 0 Å². The molecule has 2 aromatic heterocycles. The highest BCUT2D eigenvalue weighted by atomic mass is 35.5. The molecule has 0 aliphatic heterocycles. The summed E-state index contributed by atoms with van der Waals surface area (Å²) in [7, 11) is 1.77. The van der Waals surface area contributed by atoms with Gasteiger partial charge in [0.1, 0.15) is 0 Å². The number of anilines is 2. The quantitative estimate of drug-likeness (QED) is 0.721. The van der Waals surface area contributed by atoms with Gasteiger partial charge in [0.25, 0.3) is 0 Å². The predicted octanol–water partition coefficient (Wildman–Crippen LogP) is 4.07. The predicted molar refractivity (Wildman–Crippen MR) is 81.1 cm³/mol. The minimum atomic E-state index is 0.169. The van der Waals surface area contributed by atoms with Crippen molar-refractivity contribution in [2.45, 2.75) is 0 Å². The van der Waals surface area contributed by atoms with Crippen LogP contribution in [0.4, 0.5) is 11.5 Å². The molecule has 0 spiro atoms. The minimum absolute atomic E-state index is 0.169. The lowest BCUT2D eigenvalue weighted by molar-refractivity contribution is 0.789. The zero-order valence-corrected chi connectivity index (χ0v) is 12.5. The van der Waals surface area contributed by atoms with Crippen molar-refractivity contribution < 1.29 is 0 Å². The Morgan fingerprint density at radius 1 is 1.15 bits per heavy atom. The summed E-state index contributed by atoms with van der Waals surface area (Å²) in [4.78, 5) is 8.09. The van der Waals surface area contributed by atoms with E-state index in [0.29, 0.717) is 27.2 Å². The fourth-order valence-electron chi connectivity index (χ4n) is 1.84. The van der Waals surface area contributed by atoms with Gasteiger partial charge in [0.2, 0.25) is 5.28 Å². The lowest BCUT2D eigenvalue weighted by atomic mass is 10.3. The fourth-order valence-corrected chi connectivity index (χ4v) is 2.47. The van der Waals surface area contributed by atoms with Gasteiger partial charge in [0.05, 0.1) is 21.1 Å². The van der Waals surface area contributed by atoms with Gasteiger partial charge in [-0.3, -0.25) is 0 Å². The summed E-state index contributed by atoms with van der Waals surface area (Å²) in [6, 6.07) is 5.26. The van der Waals surface area contributed by atoms with Crippen LogP contribution >= 0.6 is 34.8 Å². The second-order valence-corrected chi connectivity index (χ2v) is 5.22. The lowest BCUT2D eigenvalue weighted by Gasteiger charge is -2.07. The van der Waals surface area contributed by atoms with Gasteiger partial charge >= 0.3 is 0 Å². The summed E-state index contributed by atoms with van der Waals surface area (Å²) >= 11 is 18.0. The third-order valence-electron chi connectivity index (χ3n) is 2.76. The van der Waals surface area contributed by atoms with E-state index in [2.05, 4.69) is 20.4 Å². The maximum absolute atomic E-state index is 6.13. The first-order chi connectivity index (χ1) is 9.56. The topological polar surface area (TPSA) is 55.6 Å². The number of nitrogens with one attached hydrogen (secondary N) is 1. The molecule has 0 bridgehead atoms. The van der Waals surface area contributed by atoms with Crippen molar-refractivity contribution >= 4 is 57.3 Å². The molecule has 2 heterocycles. The molecule has 8 heteroatoms. The van der Waals surface area contributed by atoms with Crippen LogP contribution in [0.1, 0.15) is 0 Å². The molecule has 0 aliphatic rings. The smallest absolute Gasteiger partial charge is 0.224 e. The van der Waals surface area contributed by atoms with Crippen LogP contribution in [0, 0.1) is 0 Å². The van der Waals surface area contributed by atoms with Gasteiger partial charge < -0.3 is 5.32 Å². The highest BCUT2D eigenvalue weighted by Crippen LogP contribution is 2.34. The van der Waals surface area contributed by atoms with Crippen LogP contribution in [0.15, 0.2) is 24.4 Å². The van der Waals surface area contributed by atoms with Crippen molar-refractivity contribution in [3.05, 3.63) is 39.7 Å². The summed E-state index contributed by atoms with van der Waals surface area (Å²) in [5.41, 5.74) is 1.21. The van der Waals surface area contributed by atoms with E-state index in [1.807, 2.05) is 0 Å². The molecule has 102 valence electrons. The summed E-state index contributed by atoms with van der Waals surface area (Å²) < 4.78 is 1.61. The average Bonchev–Trinajstić information content (AvgIpc) is 2.70. The van der Waals surface area contributed by atoms with E-state index in [0.717, 1.165) is 5.39 Å². The van der Waals surface area contributed by atoms with Gasteiger partial charge in [-0.05, 0) is 23.7 Å². The van der Waals surface area contributed by atoms with Gasteiger partial charge in [-0.15, -0.1) is 0 Å². The lowest BCUT2D eigenvalue weighted by Crippen LogP contribution is -1.95. The Morgan fingerprint density at radius 3 is 2.55 bits per heavy atom. The van der Waals surface area contributed by atoms with Crippen LogP contribution in [-0.2, 0) is 7.05 Å². The third-order valence-corrected chi connectivity index (χ3v) is 3.57. The fraction of sp³-hybridized carbons (Fsp3) is 0.0833. The Hall–Kier alpha value is -1.56. The van der Waals surface area contributed by atoms with Gasteiger partial charge in [-0.1, -0.05) is 29.3 Å². The molecule has 0 saturated carbocycles. The second kappa shape index (κ2) is 5.09. The SMILES string of the molecule is Cn1nc(Nc2c(Cl)cccc2Cl)c2cnc(Cl)nc21. The Bertz CT molecular complexity index is 779. The van der Waals surface area contributed by atoms with Crippen LogP contribution in [-0.4, -0.2) is 19.7 Å². The van der Waals surface area contributed by atoms with E-state index in [4.69, 9.17) is 34.8 Å². The molecule has 1 N–H and O–H groups in total. The van der Waals surface area contributed by atoms with E-state index in [9.17, 15) is 0 Å². The standard InChI is InChI=1S/C12H8Cl3N5/c1-20-11-6(5-16-12(15)18-11)10(19-20)17-9-7(13)3-2-4-8(9)14/h2-5H,1H3,(H,17,19). The van der Waals surface area contributed by atoms with Crippen molar-refractivity contribution in [3.8, 4) is 0 Å². The molecule has 3 aromatic rings. The largest absolute Gasteiger partial charge is 0.336 e. The van der Waals surface area contributed by atoms with E-state index in [-0.39, 0.29) is 5.28 Å². The van der Waals surface area contributed by atoms with Crippen LogP contribution < -0.4 is 5.32 Å². The summed E-state index contributed by atoms with van der Waals surface area (Å²) in [5.74, 6) is 0.564. The van der Waals surface area contributed by atoms with Crippen LogP contribution in [0.2, 0.25) is 15.3 Å². The number of hydrogen-bond donors (Lipinski definition) is 1. The molecule has 1 aromatic carbocycles. The molecule has 0 unspecified atom stereocenters. The average molecular weight is 329 g/mol. The van der Waals surface area contributed by atoms with E-state index in [1.165, 1.54) is 0 Å². The number of aromatic nitrogens is 4. The summed E-state index contributed by atoms with van der Waals surface area (Å²) in [6.45, 7) is 0. The van der Waals surface area contributed by atoms with Gasteiger partial charge in [0, 0.05) is 13.2 Å². The Balaban J connectivity index is 2.12. The van der Waals surface area contributed by atoms with Gasteiger partial charge in [-0.25, -0.2) is 9.67 Å². The molecular weight excluding hydrogens is 321 g/mol. The number of aryl methyl sites for hydroxylation is 1. The zero-order valence-electron chi connectivity index (χ0n) is 10.2. The highest BCUT2D eigenvalue weighted by Gasteiger charge is 2.14. The number of hydrogen-bond acceptors (Lipinski definition) is 4. The van der Waals surface area contributed by atoms with Gasteiger partial charge in [0.15, 0.2) is 11.5 Å². The molecule has 0 atom stereocenters. The molecular formula is C12H8Cl3N5. The van der Waals surface area contributed by atoms with Gasteiger partial charge in [-0.2, -0.15) is 10.1 Å². The number of para-hydroxylation sites is 1. The first-order valence-electron chi connectivity index (χ1n) is 5.62. The molecule has 0 radical (unpaired) electrons. The van der Waals surface area contributed by atoms with E-state index in [1.54, 1.807) is 36.1 Å². The molecule has 0 aliphatic carbocycles. The number of nitrogens with zero attached hydrogens (tertiary/aromatic N) is 4. The van der Waals surface area contributed by atoms with E-state index >= 15 is 0 Å². The zero-order chi connectivity index (χ0) is 14.3. The summed E-state index contributed by atoms with van der Waals surface area (Å²) in [5, 5.41) is 9.35. The summed E-state index contributed by atoms with van der Waals surface area (Å²) in [6.07, 6.45) is 1.60. The molecule has 0 amide bonds. The van der Waals surface area contributed by atoms with Crippen LogP contribution in [0.25, 0.3) is 11.0 Å². The molecule has 3 rings (SSSR count). The second-order valence-electron chi connectivity index (χ2n) is 4.07. The Kier molecular flexibility index (Phi) is 3.41. The molecule has 0 saturated heterocycles. The minimum Gasteiger partial charge on any atom is -0.336 e. The normalized spacial score (nSPS) is 11.0. The van der Waals surface area contributed by atoms with Crippen molar-refractivity contribution in [1.82, 2.24) is 19.7 Å². The molecule has 0 fully saturated rings. The van der Waals surface area contributed by atoms with Crippen molar-refractivity contribution in [2.24, 2.45) is 7.05 Å². The maximum Gasteiger partial charge on any atom is 0.224 e. The first kappa shape index (κ1) is 13.4. The number of fused-ring (bicyclic) bond motifs is 1. The third kappa shape index (κ3) is 2.28.